The lowest BCUT2D eigenvalue weighted by Gasteiger charge is -2.44. The monoisotopic (exact) mass is 424 g/mol. The highest BCUT2D eigenvalue weighted by molar-refractivity contribution is 8.00. The molecule has 154 valence electrons. The highest BCUT2D eigenvalue weighted by atomic mass is 35.5. The molecular formula is C21H29ClN2O3S. The molecule has 0 radical (unpaired) electrons. The van der Waals surface area contributed by atoms with Crippen LogP contribution in [0.3, 0.4) is 0 Å². The minimum atomic E-state index is -0.180. The molecule has 7 heteroatoms. The van der Waals surface area contributed by atoms with E-state index in [0.717, 1.165) is 57.5 Å². The molecule has 0 bridgehead atoms. The van der Waals surface area contributed by atoms with Gasteiger partial charge in [0.15, 0.2) is 6.61 Å². The normalized spacial score (nSPS) is 18.5. The number of likely N-dealkylation sites (tertiary alicyclic amines) is 1. The number of hydrogen-bond donors (Lipinski definition) is 0. The topological polar surface area (TPSA) is 49.9 Å². The van der Waals surface area contributed by atoms with Crippen molar-refractivity contribution >= 4 is 35.2 Å². The van der Waals surface area contributed by atoms with E-state index in [0.29, 0.717) is 17.2 Å². The van der Waals surface area contributed by atoms with E-state index in [1.165, 1.54) is 0 Å². The maximum Gasteiger partial charge on any atom is 0.261 e. The second kappa shape index (κ2) is 9.88. The van der Waals surface area contributed by atoms with Crippen LogP contribution in [0.4, 0.5) is 0 Å². The van der Waals surface area contributed by atoms with Crippen LogP contribution in [0.25, 0.3) is 0 Å². The van der Waals surface area contributed by atoms with E-state index in [1.807, 2.05) is 21.6 Å². The lowest BCUT2D eigenvalue weighted by atomic mass is 10.0. The Morgan fingerprint density at radius 1 is 1.11 bits per heavy atom. The van der Waals surface area contributed by atoms with E-state index in [4.69, 9.17) is 16.3 Å². The van der Waals surface area contributed by atoms with Gasteiger partial charge in [-0.15, -0.1) is 11.8 Å². The molecule has 2 heterocycles. The van der Waals surface area contributed by atoms with Crippen LogP contribution in [0.2, 0.25) is 5.02 Å². The van der Waals surface area contributed by atoms with Crippen molar-refractivity contribution < 1.29 is 14.3 Å². The van der Waals surface area contributed by atoms with Crippen molar-refractivity contribution in [2.24, 2.45) is 0 Å². The Hall–Kier alpha value is -1.40. The molecule has 0 aliphatic carbocycles. The van der Waals surface area contributed by atoms with Crippen molar-refractivity contribution in [3.05, 3.63) is 29.3 Å². The van der Waals surface area contributed by atoms with E-state index in [1.54, 1.807) is 24.3 Å². The summed E-state index contributed by atoms with van der Waals surface area (Å²) in [6.07, 6.45) is 5.52. The zero-order chi connectivity index (χ0) is 20.0. The van der Waals surface area contributed by atoms with E-state index in [2.05, 4.69) is 6.92 Å². The quantitative estimate of drug-likeness (QED) is 0.615. The molecule has 0 unspecified atom stereocenters. The van der Waals surface area contributed by atoms with Crippen LogP contribution in [-0.2, 0) is 9.59 Å². The third-order valence-electron chi connectivity index (χ3n) is 5.55. The van der Waals surface area contributed by atoms with Crippen LogP contribution >= 0.6 is 23.4 Å². The number of rotatable bonds is 7. The smallest absolute Gasteiger partial charge is 0.261 e. The first-order valence-corrected chi connectivity index (χ1v) is 11.5. The Balaban J connectivity index is 1.51. The summed E-state index contributed by atoms with van der Waals surface area (Å²) in [7, 11) is 0. The molecular weight excluding hydrogens is 396 g/mol. The van der Waals surface area contributed by atoms with Crippen molar-refractivity contribution in [2.45, 2.75) is 50.3 Å². The van der Waals surface area contributed by atoms with Crippen LogP contribution in [-0.4, -0.2) is 58.5 Å². The SMILES string of the molecule is CCCCCC(=O)N1CCC2(CC1)SCCN2C(=O)COc1ccc(Cl)cc1. The molecule has 1 spiro atoms. The molecule has 2 aliphatic rings. The molecule has 1 aromatic rings. The summed E-state index contributed by atoms with van der Waals surface area (Å²) in [5.41, 5.74) is 0. The van der Waals surface area contributed by atoms with Gasteiger partial charge in [-0.25, -0.2) is 0 Å². The molecule has 2 fully saturated rings. The van der Waals surface area contributed by atoms with Gasteiger partial charge in [0.1, 0.15) is 5.75 Å². The first kappa shape index (κ1) is 21.3. The van der Waals surface area contributed by atoms with Gasteiger partial charge in [0, 0.05) is 36.8 Å². The Bertz CT molecular complexity index is 675. The van der Waals surface area contributed by atoms with Crippen LogP contribution in [0, 0.1) is 0 Å². The molecule has 2 saturated heterocycles. The zero-order valence-corrected chi connectivity index (χ0v) is 18.1. The molecule has 3 rings (SSSR count). The highest BCUT2D eigenvalue weighted by Crippen LogP contribution is 2.44. The summed E-state index contributed by atoms with van der Waals surface area (Å²) in [5, 5.41) is 0.643. The third-order valence-corrected chi connectivity index (χ3v) is 7.35. The predicted octanol–water partition coefficient (Wildman–Crippen LogP) is 4.19. The van der Waals surface area contributed by atoms with Crippen LogP contribution in [0.15, 0.2) is 24.3 Å². The summed E-state index contributed by atoms with van der Waals surface area (Å²) < 4.78 is 5.66. The van der Waals surface area contributed by atoms with Crippen molar-refractivity contribution in [3.63, 3.8) is 0 Å². The molecule has 28 heavy (non-hydrogen) atoms. The molecule has 1 aromatic carbocycles. The molecule has 2 amide bonds. The van der Waals surface area contributed by atoms with Crippen molar-refractivity contribution in [1.29, 1.82) is 0 Å². The number of unbranched alkanes of at least 4 members (excludes halogenated alkanes) is 2. The minimum absolute atomic E-state index is 0.0164. The Kier molecular flexibility index (Phi) is 7.52. The summed E-state index contributed by atoms with van der Waals surface area (Å²) in [5.74, 6) is 1.86. The van der Waals surface area contributed by atoms with Gasteiger partial charge in [-0.1, -0.05) is 31.4 Å². The number of nitrogens with zero attached hydrogens (tertiary/aromatic N) is 2. The van der Waals surface area contributed by atoms with Gasteiger partial charge >= 0.3 is 0 Å². The zero-order valence-electron chi connectivity index (χ0n) is 16.5. The number of ether oxygens (including phenoxy) is 1. The number of thioether (sulfide) groups is 1. The molecule has 5 nitrogen and oxygen atoms in total. The van der Waals surface area contributed by atoms with Crippen LogP contribution in [0.1, 0.15) is 45.4 Å². The fraction of sp³-hybridized carbons (Fsp3) is 0.619. The van der Waals surface area contributed by atoms with Gasteiger partial charge in [0.2, 0.25) is 5.91 Å². The fourth-order valence-electron chi connectivity index (χ4n) is 3.92. The van der Waals surface area contributed by atoms with Crippen molar-refractivity contribution in [1.82, 2.24) is 9.80 Å². The Labute approximate surface area is 176 Å². The second-order valence-corrected chi connectivity index (χ2v) is 9.31. The Morgan fingerprint density at radius 3 is 2.50 bits per heavy atom. The van der Waals surface area contributed by atoms with Crippen LogP contribution < -0.4 is 4.74 Å². The highest BCUT2D eigenvalue weighted by Gasteiger charge is 2.46. The maximum atomic E-state index is 12.8. The van der Waals surface area contributed by atoms with Gasteiger partial charge in [-0.2, -0.15) is 0 Å². The van der Waals surface area contributed by atoms with Gasteiger partial charge in [-0.3, -0.25) is 9.59 Å². The lowest BCUT2D eigenvalue weighted by Crippen LogP contribution is -2.54. The van der Waals surface area contributed by atoms with E-state index >= 15 is 0 Å². The van der Waals surface area contributed by atoms with E-state index < -0.39 is 0 Å². The average molecular weight is 425 g/mol. The van der Waals surface area contributed by atoms with Gasteiger partial charge in [0.05, 0.1) is 4.87 Å². The maximum absolute atomic E-state index is 12.8. The summed E-state index contributed by atoms with van der Waals surface area (Å²) >= 11 is 7.74. The standard InChI is InChI=1S/C21H29ClN2O3S/c1-2-3-4-5-19(25)23-12-10-21(11-13-23)24(14-15-28-21)20(26)16-27-18-8-6-17(22)7-9-18/h6-9H,2-5,10-16H2,1H3. The van der Waals surface area contributed by atoms with Gasteiger partial charge in [-0.05, 0) is 43.5 Å². The predicted molar refractivity (Wildman–Crippen MR) is 114 cm³/mol. The molecule has 0 aromatic heterocycles. The number of carbonyl (C=O) groups excluding carboxylic acids is 2. The second-order valence-electron chi connectivity index (χ2n) is 7.42. The van der Waals surface area contributed by atoms with Crippen LogP contribution in [0.5, 0.6) is 5.75 Å². The number of benzene rings is 1. The molecule has 2 aliphatic heterocycles. The number of amides is 2. The first-order valence-electron chi connectivity index (χ1n) is 10.1. The third kappa shape index (κ3) is 5.15. The van der Waals surface area contributed by atoms with Gasteiger partial charge < -0.3 is 14.5 Å². The summed E-state index contributed by atoms with van der Waals surface area (Å²) in [6, 6.07) is 7.04. The average Bonchev–Trinajstić information content (AvgIpc) is 3.11. The fourth-order valence-corrected chi connectivity index (χ4v) is 5.52. The van der Waals surface area contributed by atoms with Gasteiger partial charge in [0.25, 0.3) is 5.91 Å². The minimum Gasteiger partial charge on any atom is -0.484 e. The lowest BCUT2D eigenvalue weighted by molar-refractivity contribution is -0.138. The molecule has 0 saturated carbocycles. The number of piperidine rings is 1. The number of hydrogen-bond acceptors (Lipinski definition) is 4. The first-order chi connectivity index (χ1) is 13.5. The summed E-state index contributed by atoms with van der Waals surface area (Å²) in [4.78, 5) is 29.0. The number of halogens is 1. The van der Waals surface area contributed by atoms with Crippen molar-refractivity contribution in [2.75, 3.05) is 32.0 Å². The molecule has 0 atom stereocenters. The molecule has 0 N–H and O–H groups in total. The van der Waals surface area contributed by atoms with Crippen molar-refractivity contribution in [3.8, 4) is 5.75 Å². The largest absolute Gasteiger partial charge is 0.484 e. The Morgan fingerprint density at radius 2 is 1.82 bits per heavy atom. The number of carbonyl (C=O) groups is 2. The summed E-state index contributed by atoms with van der Waals surface area (Å²) in [6.45, 7) is 4.40. The van der Waals surface area contributed by atoms with E-state index in [-0.39, 0.29) is 23.3 Å². The van der Waals surface area contributed by atoms with E-state index in [9.17, 15) is 9.59 Å².